The van der Waals surface area contributed by atoms with Gasteiger partial charge in [0.2, 0.25) is 0 Å². The van der Waals surface area contributed by atoms with E-state index in [2.05, 4.69) is 20.8 Å². The van der Waals surface area contributed by atoms with Crippen molar-refractivity contribution in [1.29, 1.82) is 0 Å². The molecule has 9 heteroatoms. The van der Waals surface area contributed by atoms with Gasteiger partial charge in [0.25, 0.3) is 5.91 Å². The number of anilines is 1. The maximum absolute atomic E-state index is 12.6. The molecule has 0 saturated heterocycles. The Morgan fingerprint density at radius 1 is 1.17 bits per heavy atom. The van der Waals surface area contributed by atoms with Crippen molar-refractivity contribution in [2.24, 2.45) is 0 Å². The molecule has 4 rings (SSSR count). The predicted octanol–water partition coefficient (Wildman–Crippen LogP) is 2.86. The average Bonchev–Trinajstić information content (AvgIpc) is 3.21. The highest BCUT2D eigenvalue weighted by atomic mass is 16.6. The van der Waals surface area contributed by atoms with Gasteiger partial charge in [0.05, 0.1) is 6.04 Å². The van der Waals surface area contributed by atoms with Gasteiger partial charge in [-0.25, -0.2) is 4.68 Å². The first-order valence-corrected chi connectivity index (χ1v) is 9.31. The molecule has 0 atom stereocenters. The van der Waals surface area contributed by atoms with Gasteiger partial charge >= 0.3 is 0 Å². The van der Waals surface area contributed by atoms with E-state index < -0.39 is 0 Å². The molecular formula is C20H21N5O4. The molecule has 1 N–H and O–H groups in total. The van der Waals surface area contributed by atoms with Crippen LogP contribution in [0.25, 0.3) is 0 Å². The molecule has 0 saturated carbocycles. The Hall–Kier alpha value is -3.62. The van der Waals surface area contributed by atoms with Crippen LogP contribution in [0.4, 0.5) is 5.69 Å². The first-order chi connectivity index (χ1) is 14.1. The molecule has 0 fully saturated rings. The van der Waals surface area contributed by atoms with Gasteiger partial charge in [0.15, 0.2) is 17.3 Å². The molecule has 1 aliphatic rings. The molecule has 2 aromatic carbocycles. The molecule has 2 heterocycles. The number of nitrogens with one attached hydrogen (secondary N) is 1. The lowest BCUT2D eigenvalue weighted by atomic mass is 10.2. The van der Waals surface area contributed by atoms with E-state index in [0.29, 0.717) is 47.5 Å². The number of fused-ring (bicyclic) bond motifs is 1. The molecule has 0 radical (unpaired) electrons. The monoisotopic (exact) mass is 395 g/mol. The third-order valence-corrected chi connectivity index (χ3v) is 4.31. The van der Waals surface area contributed by atoms with Crippen molar-refractivity contribution in [3.8, 4) is 17.2 Å². The van der Waals surface area contributed by atoms with Gasteiger partial charge in [0.1, 0.15) is 25.6 Å². The minimum absolute atomic E-state index is 0.131. The van der Waals surface area contributed by atoms with Gasteiger partial charge in [-0.2, -0.15) is 0 Å². The fraction of sp³-hybridized carbons (Fsp3) is 0.300. The normalized spacial score (nSPS) is 12.7. The highest BCUT2D eigenvalue weighted by Gasteiger charge is 2.14. The third kappa shape index (κ3) is 4.29. The van der Waals surface area contributed by atoms with E-state index in [0.717, 1.165) is 0 Å². The zero-order chi connectivity index (χ0) is 20.2. The first-order valence-electron chi connectivity index (χ1n) is 9.31. The van der Waals surface area contributed by atoms with E-state index in [1.807, 2.05) is 13.8 Å². The number of amides is 1. The van der Waals surface area contributed by atoms with Crippen LogP contribution in [0.5, 0.6) is 17.2 Å². The Balaban J connectivity index is 1.42. The van der Waals surface area contributed by atoms with E-state index in [1.54, 1.807) is 47.1 Å². The van der Waals surface area contributed by atoms with Gasteiger partial charge in [0, 0.05) is 17.3 Å². The molecule has 1 aliphatic heterocycles. The fourth-order valence-corrected chi connectivity index (χ4v) is 2.91. The fourth-order valence-electron chi connectivity index (χ4n) is 2.91. The minimum atomic E-state index is -0.251. The van der Waals surface area contributed by atoms with E-state index in [9.17, 15) is 4.79 Å². The van der Waals surface area contributed by atoms with E-state index in [-0.39, 0.29) is 18.6 Å². The molecule has 29 heavy (non-hydrogen) atoms. The molecule has 3 aromatic rings. The largest absolute Gasteiger partial charge is 0.486 e. The number of hydrogen-bond acceptors (Lipinski definition) is 7. The quantitative estimate of drug-likeness (QED) is 0.685. The van der Waals surface area contributed by atoms with Gasteiger partial charge in [-0.15, -0.1) is 5.10 Å². The molecule has 1 amide bonds. The molecule has 150 valence electrons. The zero-order valence-electron chi connectivity index (χ0n) is 16.2. The van der Waals surface area contributed by atoms with Crippen LogP contribution < -0.4 is 19.5 Å². The second-order valence-electron chi connectivity index (χ2n) is 6.76. The number of tetrazole rings is 1. The topological polar surface area (TPSA) is 100 Å². The van der Waals surface area contributed by atoms with Crippen LogP contribution >= 0.6 is 0 Å². The van der Waals surface area contributed by atoms with Crippen LogP contribution in [0.2, 0.25) is 0 Å². The number of carbonyl (C=O) groups is 1. The highest BCUT2D eigenvalue weighted by molar-refractivity contribution is 6.04. The highest BCUT2D eigenvalue weighted by Crippen LogP contribution is 2.32. The standard InChI is InChI=1S/C20H21N5O4/c1-13(2)25-19(22-23-24-25)12-29-16-5-3-4-14(10-16)20(26)21-15-6-7-17-18(11-15)28-9-8-27-17/h3-7,10-11,13H,8-9,12H2,1-2H3,(H,21,26). The third-order valence-electron chi connectivity index (χ3n) is 4.31. The summed E-state index contributed by atoms with van der Waals surface area (Å²) < 4.78 is 18.5. The van der Waals surface area contributed by atoms with Gasteiger partial charge < -0.3 is 19.5 Å². The molecule has 9 nitrogen and oxygen atoms in total. The molecule has 0 aliphatic carbocycles. The molecule has 0 unspecified atom stereocenters. The second kappa shape index (κ2) is 8.17. The van der Waals surface area contributed by atoms with Crippen LogP contribution in [0, 0.1) is 0 Å². The second-order valence-corrected chi connectivity index (χ2v) is 6.76. The molecule has 0 bridgehead atoms. The molecule has 1 aromatic heterocycles. The van der Waals surface area contributed by atoms with Crippen LogP contribution in [-0.2, 0) is 6.61 Å². The Labute approximate surface area is 167 Å². The van der Waals surface area contributed by atoms with Crippen LogP contribution in [0.15, 0.2) is 42.5 Å². The number of hydrogen-bond donors (Lipinski definition) is 1. The lowest BCUT2D eigenvalue weighted by molar-refractivity contribution is 0.102. The number of ether oxygens (including phenoxy) is 3. The average molecular weight is 395 g/mol. The Morgan fingerprint density at radius 2 is 2.00 bits per heavy atom. The van der Waals surface area contributed by atoms with Crippen LogP contribution in [-0.4, -0.2) is 39.3 Å². The van der Waals surface area contributed by atoms with Crippen molar-refractivity contribution in [1.82, 2.24) is 20.2 Å². The Morgan fingerprint density at radius 3 is 2.83 bits per heavy atom. The summed E-state index contributed by atoms with van der Waals surface area (Å²) >= 11 is 0. The van der Waals surface area contributed by atoms with Crippen molar-refractivity contribution < 1.29 is 19.0 Å². The predicted molar refractivity (Wildman–Crippen MR) is 104 cm³/mol. The van der Waals surface area contributed by atoms with Crippen molar-refractivity contribution in [2.75, 3.05) is 18.5 Å². The smallest absolute Gasteiger partial charge is 0.255 e. The van der Waals surface area contributed by atoms with Crippen molar-refractivity contribution in [2.45, 2.75) is 26.5 Å². The van der Waals surface area contributed by atoms with Crippen LogP contribution in [0.1, 0.15) is 36.1 Å². The maximum Gasteiger partial charge on any atom is 0.255 e. The van der Waals surface area contributed by atoms with Crippen LogP contribution in [0.3, 0.4) is 0 Å². The number of aromatic nitrogens is 4. The first kappa shape index (κ1) is 18.7. The molecular weight excluding hydrogens is 374 g/mol. The summed E-state index contributed by atoms with van der Waals surface area (Å²) in [6, 6.07) is 12.4. The summed E-state index contributed by atoms with van der Waals surface area (Å²) in [7, 11) is 0. The lowest BCUT2D eigenvalue weighted by Gasteiger charge is -2.19. The number of rotatable bonds is 6. The van der Waals surface area contributed by atoms with Gasteiger partial charge in [-0.3, -0.25) is 4.79 Å². The Bertz CT molecular complexity index is 1020. The van der Waals surface area contributed by atoms with Crippen molar-refractivity contribution in [3.05, 3.63) is 53.9 Å². The van der Waals surface area contributed by atoms with Crippen molar-refractivity contribution in [3.63, 3.8) is 0 Å². The lowest BCUT2D eigenvalue weighted by Crippen LogP contribution is -2.16. The number of benzene rings is 2. The molecule has 0 spiro atoms. The minimum Gasteiger partial charge on any atom is -0.486 e. The summed E-state index contributed by atoms with van der Waals surface area (Å²) in [5.41, 5.74) is 1.10. The number of carbonyl (C=O) groups excluding carboxylic acids is 1. The summed E-state index contributed by atoms with van der Waals surface area (Å²) in [6.45, 7) is 5.20. The van der Waals surface area contributed by atoms with E-state index in [1.165, 1.54) is 0 Å². The number of nitrogens with zero attached hydrogens (tertiary/aromatic N) is 4. The summed E-state index contributed by atoms with van der Waals surface area (Å²) in [5.74, 6) is 2.21. The van der Waals surface area contributed by atoms with E-state index >= 15 is 0 Å². The zero-order valence-corrected chi connectivity index (χ0v) is 16.2. The Kier molecular flexibility index (Phi) is 5.28. The van der Waals surface area contributed by atoms with E-state index in [4.69, 9.17) is 14.2 Å². The maximum atomic E-state index is 12.6. The van der Waals surface area contributed by atoms with Gasteiger partial charge in [-0.1, -0.05) is 6.07 Å². The summed E-state index contributed by atoms with van der Waals surface area (Å²) in [4.78, 5) is 12.6. The summed E-state index contributed by atoms with van der Waals surface area (Å²) in [6.07, 6.45) is 0. The van der Waals surface area contributed by atoms with Gasteiger partial charge in [-0.05, 0) is 54.6 Å². The SMILES string of the molecule is CC(C)n1nnnc1COc1cccc(C(=O)Nc2ccc3c(c2)OCCO3)c1. The summed E-state index contributed by atoms with van der Waals surface area (Å²) in [5, 5.41) is 14.5. The van der Waals surface area contributed by atoms with Crippen molar-refractivity contribution >= 4 is 11.6 Å².